The Morgan fingerprint density at radius 2 is 1.02 bits per heavy atom. The van der Waals surface area contributed by atoms with Gasteiger partial charge in [-0.25, -0.2) is 4.98 Å². The molecule has 0 atom stereocenters. The second-order valence-electron chi connectivity index (χ2n) is 11.9. The molecule has 0 spiro atoms. The van der Waals surface area contributed by atoms with Crippen molar-refractivity contribution in [3.05, 3.63) is 156 Å². The molecule has 0 bridgehead atoms. The monoisotopic (exact) mass is 648 g/mol. The van der Waals surface area contributed by atoms with E-state index < -0.39 is 0 Å². The standard InChI is InChI=1S/C41H24N6OS/c48-39-31-24-28(20-22-34(31)47-35-17-9-10-18-36(35)49-41(47)45-39)27-19-21-33-30(23-27)29-15-7-8-16-32(29)46(33)40-43-37(25-11-3-1-4-12-25)42-38(44-40)26-13-5-2-6-14-26/h1-24H. The first-order valence-electron chi connectivity index (χ1n) is 15.9. The Labute approximate surface area is 283 Å². The van der Waals surface area contributed by atoms with Crippen LogP contribution >= 0.6 is 11.3 Å². The number of hydrogen-bond acceptors (Lipinski definition) is 6. The summed E-state index contributed by atoms with van der Waals surface area (Å²) in [6.07, 6.45) is 0. The number of fused-ring (bicyclic) bond motifs is 8. The molecule has 0 radical (unpaired) electrons. The van der Waals surface area contributed by atoms with Crippen LogP contribution in [0.3, 0.4) is 0 Å². The van der Waals surface area contributed by atoms with Gasteiger partial charge in [0.15, 0.2) is 16.6 Å². The van der Waals surface area contributed by atoms with E-state index >= 15 is 0 Å². The second-order valence-corrected chi connectivity index (χ2v) is 12.9. The maximum absolute atomic E-state index is 13.3. The maximum atomic E-state index is 13.3. The van der Waals surface area contributed by atoms with Crippen LogP contribution in [0.15, 0.2) is 150 Å². The number of thiazole rings is 1. The summed E-state index contributed by atoms with van der Waals surface area (Å²) in [6, 6.07) is 49.0. The molecule has 8 heteroatoms. The first-order chi connectivity index (χ1) is 24.2. The fourth-order valence-electron chi connectivity index (χ4n) is 6.78. The third-order valence-electron chi connectivity index (χ3n) is 9.06. The van der Waals surface area contributed by atoms with Gasteiger partial charge in [-0.1, -0.05) is 114 Å². The van der Waals surface area contributed by atoms with E-state index in [0.29, 0.717) is 27.9 Å². The third-order valence-corrected chi connectivity index (χ3v) is 10.1. The van der Waals surface area contributed by atoms with E-state index in [0.717, 1.165) is 59.8 Å². The molecule has 4 aromatic heterocycles. The van der Waals surface area contributed by atoms with Gasteiger partial charge in [0.05, 0.1) is 32.2 Å². The van der Waals surface area contributed by atoms with E-state index in [2.05, 4.69) is 68.5 Å². The highest BCUT2D eigenvalue weighted by Crippen LogP contribution is 2.36. The zero-order chi connectivity index (χ0) is 32.5. The van der Waals surface area contributed by atoms with E-state index in [1.165, 1.54) is 11.3 Å². The van der Waals surface area contributed by atoms with Gasteiger partial charge in [0.2, 0.25) is 5.95 Å². The molecule has 0 amide bonds. The number of benzene rings is 6. The van der Waals surface area contributed by atoms with Crippen LogP contribution in [-0.2, 0) is 0 Å². The van der Waals surface area contributed by atoms with Gasteiger partial charge in [0, 0.05) is 21.9 Å². The van der Waals surface area contributed by atoms with Crippen molar-refractivity contribution >= 4 is 59.2 Å². The highest BCUT2D eigenvalue weighted by atomic mass is 32.1. The molecule has 0 fully saturated rings. The van der Waals surface area contributed by atoms with Crippen molar-refractivity contribution in [2.24, 2.45) is 0 Å². The Morgan fingerprint density at radius 1 is 0.449 bits per heavy atom. The molecule has 10 aromatic rings. The van der Waals surface area contributed by atoms with Crippen LogP contribution < -0.4 is 5.56 Å². The summed E-state index contributed by atoms with van der Waals surface area (Å²) in [5.41, 5.74) is 7.43. The lowest BCUT2D eigenvalue weighted by molar-refractivity contribution is 0.953. The number of para-hydroxylation sites is 2. The molecule has 49 heavy (non-hydrogen) atoms. The number of nitrogens with zero attached hydrogens (tertiary/aromatic N) is 6. The zero-order valence-corrected chi connectivity index (χ0v) is 26.7. The molecule has 230 valence electrons. The molecule has 0 N–H and O–H groups in total. The van der Waals surface area contributed by atoms with E-state index in [9.17, 15) is 4.79 Å². The first-order valence-corrected chi connectivity index (χ1v) is 16.8. The molecule has 0 aliphatic heterocycles. The largest absolute Gasteiger partial charge is 0.284 e. The Kier molecular flexibility index (Phi) is 6.06. The SMILES string of the molecule is O=c1nc2sc3ccccc3n2c2ccc(-c3ccc4c(c3)c3ccccc3n4-c3nc(-c4ccccc4)nc(-c4ccccc4)n3)cc12. The quantitative estimate of drug-likeness (QED) is 0.190. The maximum Gasteiger partial charge on any atom is 0.281 e. The van der Waals surface area contributed by atoms with Gasteiger partial charge >= 0.3 is 0 Å². The fourth-order valence-corrected chi connectivity index (χ4v) is 7.80. The summed E-state index contributed by atoms with van der Waals surface area (Å²) in [6.45, 7) is 0. The lowest BCUT2D eigenvalue weighted by Crippen LogP contribution is -2.09. The van der Waals surface area contributed by atoms with E-state index in [-0.39, 0.29) is 5.56 Å². The van der Waals surface area contributed by atoms with Crippen molar-refractivity contribution in [2.45, 2.75) is 0 Å². The molecule has 6 aromatic carbocycles. The van der Waals surface area contributed by atoms with Crippen molar-refractivity contribution in [1.82, 2.24) is 28.9 Å². The summed E-state index contributed by atoms with van der Waals surface area (Å²) in [4.78, 5) is 33.5. The Balaban J connectivity index is 1.18. The summed E-state index contributed by atoms with van der Waals surface area (Å²) >= 11 is 1.53. The first kappa shape index (κ1) is 27.6. The minimum absolute atomic E-state index is 0.223. The minimum atomic E-state index is -0.223. The second kappa shape index (κ2) is 10.8. The Morgan fingerprint density at radius 3 is 1.73 bits per heavy atom. The van der Waals surface area contributed by atoms with Crippen molar-refractivity contribution in [3.63, 3.8) is 0 Å². The molecule has 7 nitrogen and oxygen atoms in total. The minimum Gasteiger partial charge on any atom is -0.284 e. The number of rotatable bonds is 4. The average molecular weight is 649 g/mol. The van der Waals surface area contributed by atoms with Crippen LogP contribution in [0.5, 0.6) is 0 Å². The van der Waals surface area contributed by atoms with E-state index in [1.807, 2.05) is 91.0 Å². The fraction of sp³-hybridized carbons (Fsp3) is 0. The van der Waals surface area contributed by atoms with Gasteiger partial charge in [0.25, 0.3) is 5.56 Å². The lowest BCUT2D eigenvalue weighted by atomic mass is 10.0. The normalized spacial score (nSPS) is 11.8. The van der Waals surface area contributed by atoms with Crippen LogP contribution in [0.25, 0.3) is 87.7 Å². The summed E-state index contributed by atoms with van der Waals surface area (Å²) in [5, 5.41) is 2.73. The molecular formula is C41H24N6OS. The zero-order valence-electron chi connectivity index (χ0n) is 25.9. The topological polar surface area (TPSA) is 78.0 Å². The van der Waals surface area contributed by atoms with Crippen LogP contribution in [0.2, 0.25) is 0 Å². The Hall–Kier alpha value is -6.51. The third kappa shape index (κ3) is 4.38. The van der Waals surface area contributed by atoms with Crippen molar-refractivity contribution in [2.75, 3.05) is 0 Å². The van der Waals surface area contributed by atoms with Crippen LogP contribution in [0.1, 0.15) is 0 Å². The van der Waals surface area contributed by atoms with Gasteiger partial charge in [-0.2, -0.15) is 15.0 Å². The van der Waals surface area contributed by atoms with Crippen molar-refractivity contribution in [3.8, 4) is 39.9 Å². The summed E-state index contributed by atoms with van der Waals surface area (Å²) in [5.74, 6) is 1.76. The Bertz CT molecular complexity index is 2910. The average Bonchev–Trinajstić information content (AvgIpc) is 3.70. The van der Waals surface area contributed by atoms with Crippen LogP contribution in [-0.4, -0.2) is 28.9 Å². The van der Waals surface area contributed by atoms with Gasteiger partial charge in [-0.05, 0) is 53.6 Å². The highest BCUT2D eigenvalue weighted by molar-refractivity contribution is 7.23. The van der Waals surface area contributed by atoms with Gasteiger partial charge in [-0.15, -0.1) is 0 Å². The smallest absolute Gasteiger partial charge is 0.281 e. The van der Waals surface area contributed by atoms with E-state index in [1.54, 1.807) is 0 Å². The molecule has 0 saturated carbocycles. The summed E-state index contributed by atoms with van der Waals surface area (Å²) in [7, 11) is 0. The predicted octanol–water partition coefficient (Wildman–Crippen LogP) is 9.35. The van der Waals surface area contributed by atoms with E-state index in [4.69, 9.17) is 15.0 Å². The molecule has 0 aliphatic carbocycles. The molecule has 0 aliphatic rings. The summed E-state index contributed by atoms with van der Waals surface area (Å²) < 4.78 is 5.29. The number of aromatic nitrogens is 6. The number of hydrogen-bond donors (Lipinski definition) is 0. The highest BCUT2D eigenvalue weighted by Gasteiger charge is 2.19. The van der Waals surface area contributed by atoms with Gasteiger partial charge in [-0.3, -0.25) is 13.8 Å². The lowest BCUT2D eigenvalue weighted by Gasteiger charge is -2.11. The molecule has 0 unspecified atom stereocenters. The molecule has 10 rings (SSSR count). The molecular weight excluding hydrogens is 625 g/mol. The van der Waals surface area contributed by atoms with Gasteiger partial charge in [0.1, 0.15) is 0 Å². The van der Waals surface area contributed by atoms with Crippen LogP contribution in [0.4, 0.5) is 0 Å². The predicted molar refractivity (Wildman–Crippen MR) is 198 cm³/mol. The van der Waals surface area contributed by atoms with Crippen molar-refractivity contribution < 1.29 is 0 Å². The molecule has 0 saturated heterocycles. The van der Waals surface area contributed by atoms with Crippen molar-refractivity contribution in [1.29, 1.82) is 0 Å². The van der Waals surface area contributed by atoms with Crippen LogP contribution in [0, 0.1) is 0 Å². The molecule has 4 heterocycles. The van der Waals surface area contributed by atoms with Gasteiger partial charge < -0.3 is 0 Å².